The number of allylic oxidation sites excluding steroid dienone is 2. The molecule has 4 aromatic rings. The van der Waals surface area contributed by atoms with Gasteiger partial charge in [-0.1, -0.05) is 123 Å². The molecule has 0 spiro atoms. The largest absolute Gasteiger partial charge is 0.248 e. The third-order valence-corrected chi connectivity index (χ3v) is 6.91. The first-order chi connectivity index (χ1) is 17.3. The zero-order chi connectivity index (χ0) is 25.7. The van der Waals surface area contributed by atoms with Crippen LogP contribution in [-0.2, 0) is 5.41 Å². The van der Waals surface area contributed by atoms with E-state index in [9.17, 15) is 0 Å². The zero-order valence-corrected chi connectivity index (χ0v) is 22.0. The number of rotatable bonds is 7. The van der Waals surface area contributed by atoms with Crippen LogP contribution in [0.4, 0.5) is 0 Å². The second kappa shape index (κ2) is 10.7. The summed E-state index contributed by atoms with van der Waals surface area (Å²) in [6, 6.07) is 36.2. The van der Waals surface area contributed by atoms with Crippen LogP contribution in [0.1, 0.15) is 59.7 Å². The van der Waals surface area contributed by atoms with Crippen molar-refractivity contribution in [3.8, 4) is 0 Å². The Morgan fingerprint density at radius 1 is 0.722 bits per heavy atom. The fourth-order valence-corrected chi connectivity index (χ4v) is 4.66. The topological polar surface area (TPSA) is 12.4 Å². The first kappa shape index (κ1) is 25.1. The molecular weight excluding hydrogens is 434 g/mol. The van der Waals surface area contributed by atoms with E-state index in [0.29, 0.717) is 0 Å². The smallest absolute Gasteiger partial charge is 0.0712 e. The lowest BCUT2D eigenvalue weighted by molar-refractivity contribution is 0.636. The maximum atomic E-state index is 5.04. The monoisotopic (exact) mass is 469 g/mol. The minimum atomic E-state index is -0.0948. The SMILES string of the molecule is C=C(N=C(/C=C(\C)c1ccc(C)cc1)c1ccc(C(C)(C)c2ccccc2)c(C)c1)c1ccccc1. The molecule has 0 aliphatic carbocycles. The molecule has 1 heteroatoms. The summed E-state index contributed by atoms with van der Waals surface area (Å²) in [5, 5.41) is 0. The predicted octanol–water partition coefficient (Wildman–Crippen LogP) is 9.19. The van der Waals surface area contributed by atoms with Gasteiger partial charge in [0.25, 0.3) is 0 Å². The Labute approximate surface area is 216 Å². The van der Waals surface area contributed by atoms with Gasteiger partial charge < -0.3 is 0 Å². The van der Waals surface area contributed by atoms with Gasteiger partial charge in [-0.15, -0.1) is 0 Å². The minimum Gasteiger partial charge on any atom is -0.248 e. The summed E-state index contributed by atoms with van der Waals surface area (Å²) in [4.78, 5) is 5.04. The molecule has 0 atom stereocenters. The van der Waals surface area contributed by atoms with Crippen molar-refractivity contribution in [3.63, 3.8) is 0 Å². The van der Waals surface area contributed by atoms with E-state index < -0.39 is 0 Å². The first-order valence-electron chi connectivity index (χ1n) is 12.5. The highest BCUT2D eigenvalue weighted by molar-refractivity contribution is 6.14. The summed E-state index contributed by atoms with van der Waals surface area (Å²) in [7, 11) is 0. The second-order valence-corrected chi connectivity index (χ2v) is 10.0. The molecule has 0 bridgehead atoms. The zero-order valence-electron chi connectivity index (χ0n) is 22.0. The molecule has 0 aromatic heterocycles. The average Bonchev–Trinajstić information content (AvgIpc) is 2.89. The molecule has 0 unspecified atom stereocenters. The van der Waals surface area contributed by atoms with Crippen molar-refractivity contribution in [2.45, 2.75) is 40.0 Å². The van der Waals surface area contributed by atoms with E-state index in [1.807, 2.05) is 18.2 Å². The van der Waals surface area contributed by atoms with Gasteiger partial charge >= 0.3 is 0 Å². The Morgan fingerprint density at radius 3 is 1.92 bits per heavy atom. The number of hydrogen-bond donors (Lipinski definition) is 0. The maximum Gasteiger partial charge on any atom is 0.0712 e. The van der Waals surface area contributed by atoms with Gasteiger partial charge in [0, 0.05) is 11.0 Å². The molecule has 0 amide bonds. The van der Waals surface area contributed by atoms with Crippen LogP contribution in [0.25, 0.3) is 11.3 Å². The molecule has 1 nitrogen and oxygen atoms in total. The van der Waals surface area contributed by atoms with Crippen molar-refractivity contribution >= 4 is 17.0 Å². The fourth-order valence-electron chi connectivity index (χ4n) is 4.66. The molecule has 0 aliphatic rings. The number of benzene rings is 4. The van der Waals surface area contributed by atoms with Crippen LogP contribution in [0.15, 0.2) is 121 Å². The lowest BCUT2D eigenvalue weighted by Gasteiger charge is -2.28. The van der Waals surface area contributed by atoms with E-state index in [0.717, 1.165) is 22.5 Å². The standard InChI is InChI=1S/C35H35N/c1-25-17-19-29(20-18-25)26(2)24-34(36-28(4)30-13-9-7-10-14-30)31-21-22-33(27(3)23-31)35(5,6)32-15-11-8-12-16-32/h7-24H,4H2,1-3,5-6H3/b26-24+,36-34?. The summed E-state index contributed by atoms with van der Waals surface area (Å²) >= 11 is 0. The van der Waals surface area contributed by atoms with Gasteiger partial charge in [0.15, 0.2) is 0 Å². The van der Waals surface area contributed by atoms with Crippen LogP contribution in [-0.4, -0.2) is 5.71 Å². The van der Waals surface area contributed by atoms with Crippen molar-refractivity contribution in [2.75, 3.05) is 0 Å². The highest BCUT2D eigenvalue weighted by Gasteiger charge is 2.25. The molecule has 0 radical (unpaired) electrons. The van der Waals surface area contributed by atoms with Crippen LogP contribution in [0, 0.1) is 13.8 Å². The lowest BCUT2D eigenvalue weighted by Crippen LogP contribution is -2.20. The van der Waals surface area contributed by atoms with Crippen LogP contribution in [0.2, 0.25) is 0 Å². The predicted molar refractivity (Wildman–Crippen MR) is 157 cm³/mol. The van der Waals surface area contributed by atoms with Crippen molar-refractivity contribution in [1.82, 2.24) is 0 Å². The molecule has 0 saturated heterocycles. The Kier molecular flexibility index (Phi) is 7.50. The number of aliphatic imine (C=N–C) groups is 1. The molecule has 4 rings (SSSR count). The molecule has 0 N–H and O–H groups in total. The molecule has 4 aromatic carbocycles. The molecular formula is C35H35N. The van der Waals surface area contributed by atoms with E-state index >= 15 is 0 Å². The van der Waals surface area contributed by atoms with E-state index in [-0.39, 0.29) is 5.41 Å². The quantitative estimate of drug-likeness (QED) is 0.239. The highest BCUT2D eigenvalue weighted by Crippen LogP contribution is 2.34. The van der Waals surface area contributed by atoms with Gasteiger partial charge in [-0.2, -0.15) is 0 Å². The van der Waals surface area contributed by atoms with Gasteiger partial charge in [0.1, 0.15) is 0 Å². The van der Waals surface area contributed by atoms with Crippen molar-refractivity contribution < 1.29 is 0 Å². The van der Waals surface area contributed by atoms with Crippen molar-refractivity contribution in [2.24, 2.45) is 4.99 Å². The van der Waals surface area contributed by atoms with E-state index in [1.54, 1.807) is 0 Å². The summed E-state index contributed by atoms with van der Waals surface area (Å²) in [6.07, 6.45) is 2.18. The molecule has 0 saturated carbocycles. The van der Waals surface area contributed by atoms with Crippen LogP contribution in [0.5, 0.6) is 0 Å². The number of nitrogens with zero attached hydrogens (tertiary/aromatic N) is 1. The molecule has 180 valence electrons. The van der Waals surface area contributed by atoms with Crippen LogP contribution in [0.3, 0.4) is 0 Å². The van der Waals surface area contributed by atoms with Gasteiger partial charge in [-0.3, -0.25) is 0 Å². The Hall–Kier alpha value is -3.97. The number of aryl methyl sites for hydroxylation is 2. The molecule has 36 heavy (non-hydrogen) atoms. The Morgan fingerprint density at radius 2 is 1.31 bits per heavy atom. The Balaban J connectivity index is 1.78. The second-order valence-electron chi connectivity index (χ2n) is 10.0. The first-order valence-corrected chi connectivity index (χ1v) is 12.5. The number of hydrogen-bond acceptors (Lipinski definition) is 1. The van der Waals surface area contributed by atoms with Crippen molar-refractivity contribution in [3.05, 3.63) is 155 Å². The summed E-state index contributed by atoms with van der Waals surface area (Å²) in [6.45, 7) is 15.3. The normalized spacial score (nSPS) is 12.5. The maximum absolute atomic E-state index is 5.04. The Bertz CT molecular complexity index is 1400. The average molecular weight is 470 g/mol. The van der Waals surface area contributed by atoms with E-state index in [2.05, 4.69) is 132 Å². The third kappa shape index (κ3) is 5.63. The van der Waals surface area contributed by atoms with Gasteiger partial charge in [-0.05, 0) is 66.3 Å². The molecule has 0 heterocycles. The van der Waals surface area contributed by atoms with Crippen LogP contribution < -0.4 is 0 Å². The summed E-state index contributed by atoms with van der Waals surface area (Å²) in [5.41, 5.74) is 11.2. The van der Waals surface area contributed by atoms with E-state index in [4.69, 9.17) is 4.99 Å². The summed E-state index contributed by atoms with van der Waals surface area (Å²) < 4.78 is 0. The molecule has 0 aliphatic heterocycles. The van der Waals surface area contributed by atoms with E-state index in [1.165, 1.54) is 33.4 Å². The van der Waals surface area contributed by atoms with Gasteiger partial charge in [0.2, 0.25) is 0 Å². The van der Waals surface area contributed by atoms with Crippen molar-refractivity contribution in [1.29, 1.82) is 0 Å². The van der Waals surface area contributed by atoms with Gasteiger partial charge in [-0.25, -0.2) is 4.99 Å². The third-order valence-electron chi connectivity index (χ3n) is 6.91. The summed E-state index contributed by atoms with van der Waals surface area (Å²) in [5.74, 6) is 0. The van der Waals surface area contributed by atoms with Gasteiger partial charge in [0.05, 0.1) is 11.4 Å². The molecule has 0 fully saturated rings. The lowest BCUT2D eigenvalue weighted by atomic mass is 9.76. The fraction of sp³-hybridized carbons (Fsp3) is 0.171. The minimum absolute atomic E-state index is 0.0948. The van der Waals surface area contributed by atoms with Crippen LogP contribution >= 0.6 is 0 Å². The highest BCUT2D eigenvalue weighted by atomic mass is 14.8.